The summed E-state index contributed by atoms with van der Waals surface area (Å²) in [6, 6.07) is 0. The van der Waals surface area contributed by atoms with E-state index in [1.807, 2.05) is 0 Å². The molecule has 0 aliphatic carbocycles. The largest absolute Gasteiger partial charge is 0.0149 e. The van der Waals surface area contributed by atoms with Gasteiger partial charge in [-0.3, -0.25) is 0 Å². The van der Waals surface area contributed by atoms with Gasteiger partial charge in [0.2, 0.25) is 0 Å². The van der Waals surface area contributed by atoms with Gasteiger partial charge in [0.15, 0.2) is 0 Å². The summed E-state index contributed by atoms with van der Waals surface area (Å²) in [7, 11) is 0. The van der Waals surface area contributed by atoms with E-state index < -0.39 is 0 Å². The summed E-state index contributed by atoms with van der Waals surface area (Å²) < 4.78 is 0. The molecule has 0 heterocycles. The molecule has 0 aliphatic heterocycles. The van der Waals surface area contributed by atoms with Crippen LogP contribution >= 0.6 is 0 Å². The van der Waals surface area contributed by atoms with Crippen molar-refractivity contribution in [1.82, 2.24) is 0 Å². The van der Waals surface area contributed by atoms with Crippen LogP contribution in [0.1, 0.15) is 0 Å². The molecule has 0 aromatic rings. The third-order valence-electron chi connectivity index (χ3n) is 0. The van der Waals surface area contributed by atoms with Crippen molar-refractivity contribution in [3.05, 3.63) is 0 Å². The maximum atomic E-state index is 0. The molecule has 0 aromatic heterocycles. The summed E-state index contributed by atoms with van der Waals surface area (Å²) in [6.07, 6.45) is 0. The van der Waals surface area contributed by atoms with Crippen molar-refractivity contribution in [2.45, 2.75) is 0 Å². The zero-order valence-electron chi connectivity index (χ0n) is 1.31. The smallest absolute Gasteiger partial charge is 0 e. The van der Waals surface area contributed by atoms with Crippen LogP contribution in [-0.2, 0) is 58.9 Å². The summed E-state index contributed by atoms with van der Waals surface area (Å²) in [6.45, 7) is 0. The molecule has 0 fully saturated rings. The maximum absolute atomic E-state index is 0. The van der Waals surface area contributed by atoms with Crippen molar-refractivity contribution in [3.8, 4) is 0 Å². The van der Waals surface area contributed by atoms with Crippen LogP contribution in [0, 0.1) is 0 Å². The number of hydrogen-bond donors (Lipinski definition) is 0. The van der Waals surface area contributed by atoms with Crippen LogP contribution in [0.25, 0.3) is 0 Å². The Labute approximate surface area is 69.3 Å². The van der Waals surface area contributed by atoms with Crippen LogP contribution in [-0.4, -0.2) is 11.0 Å². The molecule has 0 rings (SSSR count). The van der Waals surface area contributed by atoms with E-state index >= 15 is 0 Å². The van der Waals surface area contributed by atoms with E-state index in [0.29, 0.717) is 0 Å². The molecule has 0 unspecified atom stereocenters. The predicted molar refractivity (Wildman–Crippen MR) is 11.3 cm³/mol. The van der Waals surface area contributed by atoms with E-state index in [-0.39, 0.29) is 69.9 Å². The predicted octanol–water partition coefficient (Wildman–Crippen LogP) is -1.46. The Hall–Kier alpha value is 2.10. The molecule has 4 heteroatoms. The molecule has 0 bridgehead atoms. The van der Waals surface area contributed by atoms with Gasteiger partial charge < -0.3 is 0 Å². The van der Waals surface area contributed by atoms with Gasteiger partial charge >= 0.3 is 0 Å². The Morgan fingerprint density at radius 1 is 1.00 bits per heavy atom. The Bertz CT molecular complexity index is 8.00. The van der Waals surface area contributed by atoms with E-state index in [0.717, 1.165) is 0 Å². The van der Waals surface area contributed by atoms with Gasteiger partial charge in [-0.25, -0.2) is 0 Å². The Kier molecular flexibility index (Phi) is 175. The Morgan fingerprint density at radius 2 is 1.00 bits per heavy atom. The quantitative estimate of drug-likeness (QED) is 0.472. The van der Waals surface area contributed by atoms with Crippen LogP contribution in [0.4, 0.5) is 0 Å². The van der Waals surface area contributed by atoms with E-state index in [1.54, 1.807) is 0 Å². The standard InChI is InChI=1S/Ag.Cu.H4Si.Zn/h;;1H4;. The van der Waals surface area contributed by atoms with Crippen molar-refractivity contribution >= 4 is 11.0 Å². The summed E-state index contributed by atoms with van der Waals surface area (Å²) in [4.78, 5) is 0. The molecule has 0 aliphatic rings. The zero-order chi connectivity index (χ0) is 0. The van der Waals surface area contributed by atoms with Crippen molar-refractivity contribution in [2.24, 2.45) is 0 Å². The average molecular weight is 269 g/mol. The normalized spacial score (nSPS) is 0. The summed E-state index contributed by atoms with van der Waals surface area (Å²) in [5, 5.41) is 0. The molecule has 2 radical (unpaired) electrons. The van der Waals surface area contributed by atoms with Gasteiger partial charge in [-0.05, 0) is 11.0 Å². The summed E-state index contributed by atoms with van der Waals surface area (Å²) in [5.41, 5.74) is 0. The third kappa shape index (κ3) is 8.93. The van der Waals surface area contributed by atoms with E-state index in [1.165, 1.54) is 0 Å². The first-order valence-corrected chi connectivity index (χ1v) is 0. The van der Waals surface area contributed by atoms with Gasteiger partial charge in [0.05, 0.1) is 0 Å². The topological polar surface area (TPSA) is 0 Å². The van der Waals surface area contributed by atoms with Gasteiger partial charge in [-0.2, -0.15) is 0 Å². The molecule has 32 valence electrons. The third-order valence-corrected chi connectivity index (χ3v) is 0. The molecular weight excluding hydrogens is 265 g/mol. The maximum Gasteiger partial charge on any atom is 0 e. The van der Waals surface area contributed by atoms with Crippen molar-refractivity contribution < 1.29 is 58.9 Å². The molecule has 0 amide bonds. The second-order valence-corrected chi connectivity index (χ2v) is 0. The molecule has 0 aromatic carbocycles. The van der Waals surface area contributed by atoms with Gasteiger partial charge in [0.25, 0.3) is 0 Å². The van der Waals surface area contributed by atoms with E-state index in [9.17, 15) is 0 Å². The van der Waals surface area contributed by atoms with E-state index in [2.05, 4.69) is 0 Å². The van der Waals surface area contributed by atoms with Crippen molar-refractivity contribution in [2.75, 3.05) is 0 Å². The van der Waals surface area contributed by atoms with E-state index in [4.69, 9.17) is 0 Å². The van der Waals surface area contributed by atoms with Crippen LogP contribution in [0.2, 0.25) is 0 Å². The minimum atomic E-state index is 0. The fourth-order valence-electron chi connectivity index (χ4n) is 0. The zero-order valence-corrected chi connectivity index (χ0v) is 6.70. The molecule has 0 saturated carbocycles. The molecule has 0 spiro atoms. The van der Waals surface area contributed by atoms with Gasteiger partial charge in [-0.15, -0.1) is 0 Å². The number of rotatable bonds is 0. The molecule has 0 atom stereocenters. The van der Waals surface area contributed by atoms with Crippen LogP contribution < -0.4 is 0 Å². The molecule has 0 nitrogen and oxygen atoms in total. The second-order valence-electron chi connectivity index (χ2n) is 0. The number of hydrogen-bond acceptors (Lipinski definition) is 0. The summed E-state index contributed by atoms with van der Waals surface area (Å²) in [5.74, 6) is 0. The van der Waals surface area contributed by atoms with Gasteiger partial charge in [0, 0.05) is 58.9 Å². The molecule has 0 N–H and O–H groups in total. The first-order valence-electron chi connectivity index (χ1n) is 0. The van der Waals surface area contributed by atoms with Crippen LogP contribution in [0.3, 0.4) is 0 Å². The van der Waals surface area contributed by atoms with Crippen LogP contribution in [0.15, 0.2) is 0 Å². The first kappa shape index (κ1) is 36.0. The molecule has 4 heavy (non-hydrogen) atoms. The fraction of sp³-hybridized carbons (Fsp3) is 0. The minimum absolute atomic E-state index is 0. The summed E-state index contributed by atoms with van der Waals surface area (Å²) >= 11 is 0. The first-order chi connectivity index (χ1) is 0. The second kappa shape index (κ2) is 19.4. The Morgan fingerprint density at radius 3 is 1.00 bits per heavy atom. The monoisotopic (exact) mass is 266 g/mol. The van der Waals surface area contributed by atoms with Crippen LogP contribution in [0.5, 0.6) is 0 Å². The average Bonchev–Trinajstić information content (AvgIpc) is 0. The SMILES string of the molecule is [Ag].[Cu].[SiH4].[Zn]. The fourth-order valence-corrected chi connectivity index (χ4v) is 0. The minimum Gasteiger partial charge on any atom is -0.0149 e. The van der Waals surface area contributed by atoms with Crippen molar-refractivity contribution in [1.29, 1.82) is 0 Å². The Balaban J connectivity index is 0. The van der Waals surface area contributed by atoms with Gasteiger partial charge in [0.1, 0.15) is 0 Å². The molecule has 0 saturated heterocycles. The molecular formula is H4AgCuSiZn. The van der Waals surface area contributed by atoms with Crippen molar-refractivity contribution in [3.63, 3.8) is 0 Å². The van der Waals surface area contributed by atoms with Gasteiger partial charge in [-0.1, -0.05) is 0 Å².